The van der Waals surface area contributed by atoms with E-state index in [0.29, 0.717) is 5.92 Å². The zero-order valence-corrected chi connectivity index (χ0v) is 11.9. The van der Waals surface area contributed by atoms with Gasteiger partial charge in [0.1, 0.15) is 0 Å². The van der Waals surface area contributed by atoms with Crippen molar-refractivity contribution in [2.24, 2.45) is 5.92 Å². The Morgan fingerprint density at radius 3 is 2.80 bits per heavy atom. The van der Waals surface area contributed by atoms with Crippen LogP contribution in [0.5, 0.6) is 0 Å². The van der Waals surface area contributed by atoms with Crippen molar-refractivity contribution in [3.05, 3.63) is 29.6 Å². The van der Waals surface area contributed by atoms with Gasteiger partial charge in [-0.1, -0.05) is 0 Å². The van der Waals surface area contributed by atoms with Crippen LogP contribution in [0.15, 0.2) is 18.3 Å². The van der Waals surface area contributed by atoms with Gasteiger partial charge in [0.15, 0.2) is 0 Å². The van der Waals surface area contributed by atoms with Gasteiger partial charge in [-0.3, -0.25) is 4.98 Å². The van der Waals surface area contributed by atoms with E-state index in [2.05, 4.69) is 22.5 Å². The quantitative estimate of drug-likeness (QED) is 0.861. The summed E-state index contributed by atoms with van der Waals surface area (Å²) in [6, 6.07) is 2.72. The highest BCUT2D eigenvalue weighted by atomic mass is 32.1. The summed E-state index contributed by atoms with van der Waals surface area (Å²) in [5.74, 6) is 1.43. The molecule has 3 rings (SSSR count). The number of likely N-dealkylation sites (tertiary alicyclic amines) is 1. The summed E-state index contributed by atoms with van der Waals surface area (Å²) in [6.07, 6.45) is -1.23. The molecule has 1 aliphatic carbocycles. The topological polar surface area (TPSA) is 16.1 Å². The summed E-state index contributed by atoms with van der Waals surface area (Å²) in [4.78, 5) is 6.47. The lowest BCUT2D eigenvalue weighted by atomic mass is 10.00. The molecule has 1 aliphatic heterocycles. The molecule has 2 fully saturated rings. The number of pyridine rings is 1. The average molecular weight is 302 g/mol. The van der Waals surface area contributed by atoms with Gasteiger partial charge >= 0.3 is 6.18 Å². The van der Waals surface area contributed by atoms with Crippen molar-refractivity contribution in [2.75, 3.05) is 25.4 Å². The molecule has 0 spiro atoms. The Morgan fingerprint density at radius 2 is 2.20 bits per heavy atom. The minimum atomic E-state index is -4.31. The number of aromatic nitrogens is 1. The maximum Gasteiger partial charge on any atom is 0.417 e. The number of fused-ring (bicyclic) bond motifs is 1. The third-order valence-corrected chi connectivity index (χ3v) is 4.77. The molecule has 1 aromatic rings. The third-order valence-electron chi connectivity index (χ3n) is 4.45. The van der Waals surface area contributed by atoms with E-state index in [0.717, 1.165) is 56.2 Å². The van der Waals surface area contributed by atoms with Crippen molar-refractivity contribution in [1.29, 1.82) is 0 Å². The van der Waals surface area contributed by atoms with Gasteiger partial charge in [-0.15, -0.1) is 0 Å². The van der Waals surface area contributed by atoms with Gasteiger partial charge in [-0.2, -0.15) is 25.8 Å². The maximum atomic E-state index is 12.5. The molecule has 0 N–H and O–H groups in total. The lowest BCUT2D eigenvalue weighted by Gasteiger charge is -2.20. The van der Waals surface area contributed by atoms with Crippen molar-refractivity contribution in [3.8, 4) is 0 Å². The van der Waals surface area contributed by atoms with Crippen molar-refractivity contribution >= 4 is 12.6 Å². The van der Waals surface area contributed by atoms with E-state index in [9.17, 15) is 13.2 Å². The number of rotatable bonds is 4. The van der Waals surface area contributed by atoms with Gasteiger partial charge in [0, 0.05) is 30.4 Å². The lowest BCUT2D eigenvalue weighted by molar-refractivity contribution is -0.137. The van der Waals surface area contributed by atoms with Crippen LogP contribution in [0.1, 0.15) is 24.1 Å². The largest absolute Gasteiger partial charge is 0.417 e. The smallest absolute Gasteiger partial charge is 0.302 e. The fraction of sp³-hybridized carbons (Fsp3) is 0.643. The van der Waals surface area contributed by atoms with Crippen LogP contribution in [0.4, 0.5) is 13.2 Å². The molecule has 1 saturated heterocycles. The number of halogens is 3. The van der Waals surface area contributed by atoms with Crippen LogP contribution in [0, 0.1) is 5.92 Å². The first-order valence-electron chi connectivity index (χ1n) is 6.83. The van der Waals surface area contributed by atoms with Crippen molar-refractivity contribution in [1.82, 2.24) is 9.88 Å². The van der Waals surface area contributed by atoms with Crippen LogP contribution in [-0.4, -0.2) is 35.3 Å². The van der Waals surface area contributed by atoms with E-state index in [1.165, 1.54) is 0 Å². The molecule has 0 radical (unpaired) electrons. The fourth-order valence-corrected chi connectivity index (χ4v) is 3.45. The van der Waals surface area contributed by atoms with Gasteiger partial charge in [0.25, 0.3) is 0 Å². The average Bonchev–Trinajstić information content (AvgIpc) is 2.99. The Kier molecular flexibility index (Phi) is 3.49. The highest BCUT2D eigenvalue weighted by Crippen LogP contribution is 2.58. The summed E-state index contributed by atoms with van der Waals surface area (Å²) in [5, 5.41) is 0. The van der Waals surface area contributed by atoms with E-state index < -0.39 is 11.7 Å². The Balaban J connectivity index is 1.71. The van der Waals surface area contributed by atoms with Crippen LogP contribution in [0.3, 0.4) is 0 Å². The molecule has 0 aromatic carbocycles. The van der Waals surface area contributed by atoms with Crippen LogP contribution >= 0.6 is 12.6 Å². The van der Waals surface area contributed by atoms with Crippen molar-refractivity contribution in [2.45, 2.75) is 24.4 Å². The highest BCUT2D eigenvalue weighted by molar-refractivity contribution is 7.80. The van der Waals surface area contributed by atoms with E-state index >= 15 is 0 Å². The minimum Gasteiger partial charge on any atom is -0.302 e. The predicted molar refractivity (Wildman–Crippen MR) is 73.9 cm³/mol. The Bertz CT molecular complexity index is 488. The molecule has 2 unspecified atom stereocenters. The molecule has 20 heavy (non-hydrogen) atoms. The van der Waals surface area contributed by atoms with Crippen LogP contribution in [0.25, 0.3) is 0 Å². The second kappa shape index (κ2) is 4.91. The first-order chi connectivity index (χ1) is 9.45. The molecule has 2 nitrogen and oxygen atoms in total. The Hall–Kier alpha value is -0.750. The van der Waals surface area contributed by atoms with Crippen LogP contribution in [-0.2, 0) is 11.6 Å². The van der Waals surface area contributed by atoms with E-state index in [4.69, 9.17) is 0 Å². The molecule has 0 amide bonds. The van der Waals surface area contributed by atoms with E-state index in [1.807, 2.05) is 0 Å². The highest BCUT2D eigenvalue weighted by Gasteiger charge is 2.61. The van der Waals surface area contributed by atoms with E-state index in [-0.39, 0.29) is 5.41 Å². The zero-order valence-electron chi connectivity index (χ0n) is 11.0. The fourth-order valence-electron chi connectivity index (χ4n) is 3.30. The summed E-state index contributed by atoms with van der Waals surface area (Å²) in [6.45, 7) is 2.97. The number of hydrogen-bond acceptors (Lipinski definition) is 3. The normalized spacial score (nSPS) is 29.5. The number of alkyl halides is 3. The Morgan fingerprint density at radius 1 is 1.40 bits per heavy atom. The second-order valence-electron chi connectivity index (χ2n) is 5.80. The minimum absolute atomic E-state index is 0.0146. The first kappa shape index (κ1) is 14.2. The molecule has 0 bridgehead atoms. The monoisotopic (exact) mass is 302 g/mol. The molecular formula is C14H17F3N2S. The maximum absolute atomic E-state index is 12.5. The Labute approximate surface area is 121 Å². The summed E-state index contributed by atoms with van der Waals surface area (Å²) >= 11 is 4.21. The molecule has 1 saturated carbocycles. The zero-order chi connectivity index (χ0) is 14.4. The molecule has 2 aliphatic rings. The number of hydrogen-bond donors (Lipinski definition) is 1. The van der Waals surface area contributed by atoms with Gasteiger partial charge in [-0.05, 0) is 43.2 Å². The van der Waals surface area contributed by atoms with Crippen LogP contribution < -0.4 is 0 Å². The third kappa shape index (κ3) is 2.44. The van der Waals surface area contributed by atoms with Gasteiger partial charge in [-0.25, -0.2) is 0 Å². The summed E-state index contributed by atoms with van der Waals surface area (Å²) in [7, 11) is 0. The number of nitrogens with zero attached hydrogens (tertiary/aromatic N) is 2. The standard InChI is InChI=1S/C14H17F3N2S/c15-14(16,17)10-2-3-12(18-7-10)13-6-11(13)8-19(9-13)4-1-5-20/h2-3,7,11,20H,1,4-6,8-9H2. The molecule has 2 heterocycles. The molecule has 2 atom stereocenters. The van der Waals surface area contributed by atoms with Crippen molar-refractivity contribution < 1.29 is 13.2 Å². The second-order valence-corrected chi connectivity index (χ2v) is 6.25. The van der Waals surface area contributed by atoms with Crippen LogP contribution in [0.2, 0.25) is 0 Å². The molecule has 6 heteroatoms. The van der Waals surface area contributed by atoms with Gasteiger partial charge < -0.3 is 4.90 Å². The van der Waals surface area contributed by atoms with E-state index in [1.54, 1.807) is 6.07 Å². The molecule has 1 aromatic heterocycles. The van der Waals surface area contributed by atoms with Crippen molar-refractivity contribution in [3.63, 3.8) is 0 Å². The number of thiol groups is 1. The summed E-state index contributed by atoms with van der Waals surface area (Å²) in [5.41, 5.74) is 0.171. The summed E-state index contributed by atoms with van der Waals surface area (Å²) < 4.78 is 37.6. The number of piperidine rings is 1. The molecule has 110 valence electrons. The predicted octanol–water partition coefficient (Wildman–Crippen LogP) is 2.99. The lowest BCUT2D eigenvalue weighted by Crippen LogP contribution is -2.28. The van der Waals surface area contributed by atoms with Gasteiger partial charge in [0.2, 0.25) is 0 Å². The SMILES string of the molecule is FC(F)(F)c1ccc(C23CC2CN(CCCS)C3)nc1. The van der Waals surface area contributed by atoms with Gasteiger partial charge in [0.05, 0.1) is 5.56 Å². The first-order valence-corrected chi connectivity index (χ1v) is 7.46. The molecular weight excluding hydrogens is 285 g/mol.